The minimum atomic E-state index is -1.20. The lowest BCUT2D eigenvalue weighted by atomic mass is 10.2. The number of fused-ring (bicyclic) bond motifs is 1. The van der Waals surface area contributed by atoms with Crippen LogP contribution >= 0.6 is 11.6 Å². The predicted octanol–water partition coefficient (Wildman–Crippen LogP) is 2.09. The van der Waals surface area contributed by atoms with Crippen LogP contribution in [-0.2, 0) is 0 Å². The summed E-state index contributed by atoms with van der Waals surface area (Å²) in [4.78, 5) is 10.7. The number of hydrogen-bond donors (Lipinski definition) is 1. The number of nitriles is 1. The first kappa shape index (κ1) is 9.49. The van der Waals surface area contributed by atoms with E-state index in [0.29, 0.717) is 10.9 Å². The molecule has 0 saturated carbocycles. The second-order valence-corrected chi connectivity index (χ2v) is 3.25. The Labute approximate surface area is 89.1 Å². The Balaban J connectivity index is 2.82. The van der Waals surface area contributed by atoms with Crippen LogP contribution in [0.5, 0.6) is 0 Å². The Morgan fingerprint density at radius 1 is 1.60 bits per heavy atom. The average Bonchev–Trinajstić information content (AvgIpc) is 2.59. The van der Waals surface area contributed by atoms with Gasteiger partial charge in [-0.2, -0.15) is 15.0 Å². The molecule has 0 aliphatic carbocycles. The van der Waals surface area contributed by atoms with Crippen molar-refractivity contribution in [3.8, 4) is 6.07 Å². The van der Waals surface area contributed by atoms with Crippen LogP contribution in [-0.4, -0.2) is 21.0 Å². The monoisotopic (exact) mass is 221 g/mol. The van der Waals surface area contributed by atoms with Gasteiger partial charge in [0.2, 0.25) is 0 Å². The SMILES string of the molecule is N#Cc1cc2c(cnn2C(=O)O)cc1Cl. The molecule has 5 nitrogen and oxygen atoms in total. The van der Waals surface area contributed by atoms with Crippen LogP contribution in [0.25, 0.3) is 10.9 Å². The van der Waals surface area contributed by atoms with Crippen LogP contribution in [0.3, 0.4) is 0 Å². The van der Waals surface area contributed by atoms with Gasteiger partial charge in [0.25, 0.3) is 0 Å². The first-order valence-electron chi connectivity index (χ1n) is 3.94. The number of nitrogens with zero attached hydrogens (tertiary/aromatic N) is 3. The lowest BCUT2D eigenvalue weighted by Crippen LogP contribution is -2.08. The molecule has 1 N–H and O–H groups in total. The predicted molar refractivity (Wildman–Crippen MR) is 52.9 cm³/mol. The van der Waals surface area contributed by atoms with Gasteiger partial charge in [0.15, 0.2) is 0 Å². The number of carbonyl (C=O) groups is 1. The van der Waals surface area contributed by atoms with Crippen LogP contribution in [0.1, 0.15) is 5.56 Å². The molecular formula is C9H4ClN3O2. The second kappa shape index (κ2) is 3.26. The maximum atomic E-state index is 10.7. The molecule has 2 aromatic rings. The fraction of sp³-hybridized carbons (Fsp3) is 0. The summed E-state index contributed by atoms with van der Waals surface area (Å²) in [5.74, 6) is 0. The zero-order chi connectivity index (χ0) is 11.0. The normalized spacial score (nSPS) is 10.1. The number of halogens is 1. The fourth-order valence-electron chi connectivity index (χ4n) is 1.28. The highest BCUT2D eigenvalue weighted by atomic mass is 35.5. The largest absolute Gasteiger partial charge is 0.463 e. The molecule has 0 unspecified atom stereocenters. The van der Waals surface area contributed by atoms with Crippen molar-refractivity contribution in [3.63, 3.8) is 0 Å². The van der Waals surface area contributed by atoms with Gasteiger partial charge in [-0.3, -0.25) is 0 Å². The summed E-state index contributed by atoms with van der Waals surface area (Å²) < 4.78 is 0.798. The fourth-order valence-corrected chi connectivity index (χ4v) is 1.50. The van der Waals surface area contributed by atoms with Gasteiger partial charge >= 0.3 is 6.09 Å². The third-order valence-corrected chi connectivity index (χ3v) is 2.27. The molecule has 0 bridgehead atoms. The van der Waals surface area contributed by atoms with E-state index in [4.69, 9.17) is 22.0 Å². The molecule has 1 heterocycles. The molecule has 1 aromatic heterocycles. The van der Waals surface area contributed by atoms with Crippen LogP contribution in [0.4, 0.5) is 4.79 Å². The third-order valence-electron chi connectivity index (χ3n) is 1.96. The zero-order valence-electron chi connectivity index (χ0n) is 7.31. The van der Waals surface area contributed by atoms with E-state index in [1.54, 1.807) is 0 Å². The summed E-state index contributed by atoms with van der Waals surface area (Å²) in [5, 5.41) is 22.1. The summed E-state index contributed by atoms with van der Waals surface area (Å²) in [6.45, 7) is 0. The van der Waals surface area contributed by atoms with E-state index < -0.39 is 6.09 Å². The van der Waals surface area contributed by atoms with Crippen LogP contribution in [0.2, 0.25) is 5.02 Å². The summed E-state index contributed by atoms with van der Waals surface area (Å²) in [6, 6.07) is 4.79. The highest BCUT2D eigenvalue weighted by molar-refractivity contribution is 6.32. The van der Waals surface area contributed by atoms with Crippen molar-refractivity contribution in [1.82, 2.24) is 9.78 Å². The first-order valence-corrected chi connectivity index (χ1v) is 4.32. The quantitative estimate of drug-likeness (QED) is 0.739. The number of hydrogen-bond acceptors (Lipinski definition) is 3. The molecule has 0 aliphatic heterocycles. The average molecular weight is 222 g/mol. The summed E-state index contributed by atoms with van der Waals surface area (Å²) in [6.07, 6.45) is 0.187. The molecule has 0 spiro atoms. The highest BCUT2D eigenvalue weighted by Crippen LogP contribution is 2.23. The topological polar surface area (TPSA) is 78.9 Å². The van der Waals surface area contributed by atoms with E-state index in [2.05, 4.69) is 5.10 Å². The molecule has 2 rings (SSSR count). The highest BCUT2D eigenvalue weighted by Gasteiger charge is 2.11. The smallest absolute Gasteiger partial charge is 0.432 e. The van der Waals surface area contributed by atoms with E-state index in [-0.39, 0.29) is 10.6 Å². The third kappa shape index (κ3) is 1.41. The Morgan fingerprint density at radius 3 is 2.93 bits per heavy atom. The second-order valence-electron chi connectivity index (χ2n) is 2.84. The van der Waals surface area contributed by atoms with Crippen molar-refractivity contribution in [2.45, 2.75) is 0 Å². The number of benzene rings is 1. The number of carboxylic acid groups (broad SMARTS) is 1. The van der Waals surface area contributed by atoms with E-state index >= 15 is 0 Å². The van der Waals surface area contributed by atoms with Gasteiger partial charge in [-0.25, -0.2) is 4.79 Å². The molecule has 0 saturated heterocycles. The minimum Gasteiger partial charge on any atom is -0.463 e. The minimum absolute atomic E-state index is 0.229. The van der Waals surface area contributed by atoms with Gasteiger partial charge in [-0.05, 0) is 12.1 Å². The van der Waals surface area contributed by atoms with Gasteiger partial charge in [-0.1, -0.05) is 11.6 Å². The molecule has 1 aromatic carbocycles. The van der Waals surface area contributed by atoms with Gasteiger partial charge in [0.1, 0.15) is 6.07 Å². The van der Waals surface area contributed by atoms with Crippen molar-refractivity contribution in [1.29, 1.82) is 5.26 Å². The number of rotatable bonds is 0. The Bertz CT molecular complexity index is 597. The van der Waals surface area contributed by atoms with Crippen molar-refractivity contribution >= 4 is 28.6 Å². The van der Waals surface area contributed by atoms with E-state index in [9.17, 15) is 4.79 Å². The van der Waals surface area contributed by atoms with E-state index in [1.165, 1.54) is 18.3 Å². The van der Waals surface area contributed by atoms with Crippen LogP contribution in [0.15, 0.2) is 18.3 Å². The molecule has 0 fully saturated rings. The van der Waals surface area contributed by atoms with Crippen molar-refractivity contribution < 1.29 is 9.90 Å². The lowest BCUT2D eigenvalue weighted by molar-refractivity contribution is 0.194. The lowest BCUT2D eigenvalue weighted by Gasteiger charge is -1.97. The van der Waals surface area contributed by atoms with E-state index in [0.717, 1.165) is 4.68 Å². The number of aromatic nitrogens is 2. The van der Waals surface area contributed by atoms with Gasteiger partial charge in [0.05, 0.1) is 22.3 Å². The van der Waals surface area contributed by atoms with Gasteiger partial charge < -0.3 is 5.11 Å². The van der Waals surface area contributed by atoms with Crippen molar-refractivity contribution in [3.05, 3.63) is 28.9 Å². The molecule has 74 valence electrons. The summed E-state index contributed by atoms with van der Waals surface area (Å²) in [5.41, 5.74) is 0.579. The molecule has 0 amide bonds. The maximum absolute atomic E-state index is 10.7. The standard InChI is InChI=1S/C9H4ClN3O2/c10-7-1-6-4-12-13(9(14)15)8(6)2-5(7)3-11/h1-2,4H,(H,14,15). The Kier molecular flexibility index (Phi) is 2.06. The maximum Gasteiger partial charge on any atom is 0.432 e. The molecule has 6 heteroatoms. The van der Waals surface area contributed by atoms with Crippen molar-refractivity contribution in [2.75, 3.05) is 0 Å². The summed E-state index contributed by atoms with van der Waals surface area (Å²) >= 11 is 5.79. The van der Waals surface area contributed by atoms with Crippen LogP contribution in [0, 0.1) is 11.3 Å². The molecule has 0 aliphatic rings. The van der Waals surface area contributed by atoms with Crippen LogP contribution < -0.4 is 0 Å². The molecular weight excluding hydrogens is 218 g/mol. The zero-order valence-corrected chi connectivity index (χ0v) is 8.06. The first-order chi connectivity index (χ1) is 7.13. The molecule has 0 atom stereocenters. The Hall–Kier alpha value is -2.06. The van der Waals surface area contributed by atoms with Gasteiger partial charge in [-0.15, -0.1) is 0 Å². The van der Waals surface area contributed by atoms with Crippen molar-refractivity contribution in [2.24, 2.45) is 0 Å². The molecule has 15 heavy (non-hydrogen) atoms. The van der Waals surface area contributed by atoms with E-state index in [1.807, 2.05) is 6.07 Å². The van der Waals surface area contributed by atoms with Gasteiger partial charge in [0, 0.05) is 5.39 Å². The summed E-state index contributed by atoms with van der Waals surface area (Å²) in [7, 11) is 0. The molecule has 0 radical (unpaired) electrons. The Morgan fingerprint density at radius 2 is 2.33 bits per heavy atom.